The fourth-order valence-corrected chi connectivity index (χ4v) is 3.23. The highest BCUT2D eigenvalue weighted by Gasteiger charge is 2.30. The molecule has 0 heterocycles. The normalized spacial score (nSPS) is 13.3. The molecular weight excluding hydrogens is 357 g/mol. The number of halogens is 2. The van der Waals surface area contributed by atoms with Crippen molar-refractivity contribution < 1.29 is 17.6 Å². The smallest absolute Gasteiger partial charge is 0.244 e. The van der Waals surface area contributed by atoms with E-state index < -0.39 is 38.2 Å². The van der Waals surface area contributed by atoms with Crippen LogP contribution in [-0.4, -0.2) is 32.5 Å². The summed E-state index contributed by atoms with van der Waals surface area (Å²) in [4.78, 5) is 11.7. The first-order valence-electron chi connectivity index (χ1n) is 7.27. The van der Waals surface area contributed by atoms with Gasteiger partial charge in [-0.15, -0.1) is 12.4 Å². The highest BCUT2D eigenvalue weighted by atomic mass is 35.5. The number of hydrogen-bond acceptors (Lipinski definition) is 4. The van der Waals surface area contributed by atoms with E-state index in [0.29, 0.717) is 0 Å². The highest BCUT2D eigenvalue weighted by molar-refractivity contribution is 7.89. The molecule has 0 aliphatic rings. The zero-order valence-corrected chi connectivity index (χ0v) is 15.8. The molecule has 9 heteroatoms. The summed E-state index contributed by atoms with van der Waals surface area (Å²) in [5.41, 5.74) is 5.17. The second kappa shape index (κ2) is 8.75. The summed E-state index contributed by atoms with van der Waals surface area (Å²) in [6.45, 7) is 7.06. The minimum atomic E-state index is -4.15. The molecule has 0 aliphatic heterocycles. The van der Waals surface area contributed by atoms with E-state index in [1.54, 1.807) is 27.7 Å². The molecule has 0 radical (unpaired) electrons. The van der Waals surface area contributed by atoms with Crippen LogP contribution in [0.4, 0.5) is 4.39 Å². The topological polar surface area (TPSA) is 101 Å². The zero-order chi connectivity index (χ0) is 17.8. The lowest BCUT2D eigenvalue weighted by Gasteiger charge is -2.25. The summed E-state index contributed by atoms with van der Waals surface area (Å²) < 4.78 is 40.6. The van der Waals surface area contributed by atoms with Crippen LogP contribution in [0.1, 0.15) is 27.7 Å². The van der Waals surface area contributed by atoms with Crippen molar-refractivity contribution in [2.75, 3.05) is 6.54 Å². The van der Waals surface area contributed by atoms with Gasteiger partial charge in [-0.05, 0) is 31.9 Å². The lowest BCUT2D eigenvalue weighted by Crippen LogP contribution is -2.53. The summed E-state index contributed by atoms with van der Waals surface area (Å²) in [6.07, 6.45) is 0. The van der Waals surface area contributed by atoms with Gasteiger partial charge in [0, 0.05) is 12.1 Å². The van der Waals surface area contributed by atoms with Crippen molar-refractivity contribution >= 4 is 28.3 Å². The van der Waals surface area contributed by atoms with Gasteiger partial charge in [0.05, 0.1) is 0 Å². The maximum Gasteiger partial charge on any atom is 0.244 e. The Hall–Kier alpha value is -1.22. The number of sulfonamides is 1. The van der Waals surface area contributed by atoms with Gasteiger partial charge in [-0.25, -0.2) is 12.8 Å². The van der Waals surface area contributed by atoms with Crippen LogP contribution in [0.15, 0.2) is 29.2 Å². The van der Waals surface area contributed by atoms with Crippen molar-refractivity contribution in [3.05, 3.63) is 30.1 Å². The second-order valence-electron chi connectivity index (χ2n) is 6.48. The molecule has 138 valence electrons. The van der Waals surface area contributed by atoms with Crippen molar-refractivity contribution in [2.45, 2.75) is 44.2 Å². The molecule has 0 saturated heterocycles. The quantitative estimate of drug-likeness (QED) is 0.664. The van der Waals surface area contributed by atoms with Crippen molar-refractivity contribution in [3.63, 3.8) is 0 Å². The number of rotatable bonds is 7. The first-order valence-corrected chi connectivity index (χ1v) is 8.76. The average Bonchev–Trinajstić information content (AvgIpc) is 2.41. The van der Waals surface area contributed by atoms with E-state index in [1.165, 1.54) is 12.1 Å². The van der Waals surface area contributed by atoms with Crippen molar-refractivity contribution in [1.29, 1.82) is 0 Å². The molecule has 1 amide bonds. The molecule has 1 aromatic carbocycles. The largest absolute Gasteiger partial charge is 0.353 e. The zero-order valence-electron chi connectivity index (χ0n) is 14.2. The Bertz CT molecular complexity index is 660. The lowest BCUT2D eigenvalue weighted by atomic mass is 10.0. The predicted octanol–water partition coefficient (Wildman–Crippen LogP) is 1.40. The molecule has 0 aliphatic carbocycles. The third-order valence-electron chi connectivity index (χ3n) is 3.08. The summed E-state index contributed by atoms with van der Waals surface area (Å²) >= 11 is 0. The summed E-state index contributed by atoms with van der Waals surface area (Å²) in [5, 5.41) is 2.61. The average molecular weight is 382 g/mol. The maximum atomic E-state index is 13.7. The van der Waals surface area contributed by atoms with E-state index in [4.69, 9.17) is 5.73 Å². The van der Waals surface area contributed by atoms with Gasteiger partial charge in [0.1, 0.15) is 16.8 Å². The predicted molar refractivity (Wildman–Crippen MR) is 93.9 cm³/mol. The third-order valence-corrected chi connectivity index (χ3v) is 4.55. The Morgan fingerprint density at radius 3 is 2.29 bits per heavy atom. The van der Waals surface area contributed by atoms with Crippen LogP contribution < -0.4 is 15.8 Å². The Morgan fingerprint density at radius 1 is 1.29 bits per heavy atom. The molecule has 24 heavy (non-hydrogen) atoms. The molecule has 0 bridgehead atoms. The van der Waals surface area contributed by atoms with Crippen LogP contribution in [0.5, 0.6) is 0 Å². The van der Waals surface area contributed by atoms with Crippen LogP contribution in [0, 0.1) is 11.7 Å². The molecule has 1 aromatic rings. The monoisotopic (exact) mass is 381 g/mol. The van der Waals surface area contributed by atoms with Gasteiger partial charge in [-0.1, -0.05) is 26.0 Å². The Morgan fingerprint density at radius 2 is 1.83 bits per heavy atom. The van der Waals surface area contributed by atoms with E-state index in [0.717, 1.165) is 12.1 Å². The van der Waals surface area contributed by atoms with E-state index in [-0.39, 0.29) is 24.9 Å². The van der Waals surface area contributed by atoms with Crippen LogP contribution in [-0.2, 0) is 14.8 Å². The van der Waals surface area contributed by atoms with Gasteiger partial charge in [0.2, 0.25) is 15.9 Å². The maximum absolute atomic E-state index is 13.7. The minimum Gasteiger partial charge on any atom is -0.353 e. The first-order chi connectivity index (χ1) is 10.4. The van der Waals surface area contributed by atoms with E-state index >= 15 is 0 Å². The van der Waals surface area contributed by atoms with Gasteiger partial charge in [0.25, 0.3) is 0 Å². The highest BCUT2D eigenvalue weighted by Crippen LogP contribution is 2.15. The van der Waals surface area contributed by atoms with Gasteiger partial charge < -0.3 is 11.1 Å². The van der Waals surface area contributed by atoms with E-state index in [9.17, 15) is 17.6 Å². The van der Waals surface area contributed by atoms with Crippen molar-refractivity contribution in [1.82, 2.24) is 10.0 Å². The van der Waals surface area contributed by atoms with Crippen molar-refractivity contribution in [3.8, 4) is 0 Å². The summed E-state index contributed by atoms with van der Waals surface area (Å²) in [6, 6.07) is 3.98. The molecule has 4 N–H and O–H groups in total. The fourth-order valence-electron chi connectivity index (χ4n) is 1.81. The SMILES string of the molecule is CC(C)C(NS(=O)(=O)c1ccccc1F)C(=O)NCC(C)(C)N.Cl. The number of carbonyl (C=O) groups excluding carboxylic acids is 1. The molecule has 0 aromatic heterocycles. The van der Waals surface area contributed by atoms with Gasteiger partial charge in [-0.3, -0.25) is 4.79 Å². The lowest BCUT2D eigenvalue weighted by molar-refractivity contribution is -0.123. The number of nitrogens with two attached hydrogens (primary N) is 1. The molecular formula is C15H25ClFN3O3S. The fraction of sp³-hybridized carbons (Fsp3) is 0.533. The van der Waals surface area contributed by atoms with Gasteiger partial charge >= 0.3 is 0 Å². The van der Waals surface area contributed by atoms with Crippen LogP contribution in [0.25, 0.3) is 0 Å². The Kier molecular flexibility index (Phi) is 8.31. The molecule has 0 spiro atoms. The van der Waals surface area contributed by atoms with Gasteiger partial charge in [0.15, 0.2) is 0 Å². The van der Waals surface area contributed by atoms with E-state index in [1.807, 2.05) is 0 Å². The second-order valence-corrected chi connectivity index (χ2v) is 8.16. The molecule has 6 nitrogen and oxygen atoms in total. The first kappa shape index (κ1) is 22.8. The number of carbonyl (C=O) groups is 1. The number of hydrogen-bond donors (Lipinski definition) is 3. The molecule has 1 unspecified atom stereocenters. The Labute approximate surface area is 148 Å². The standard InChI is InChI=1S/C15H24FN3O3S.ClH/c1-10(2)13(14(20)18-9-15(3,4)17)19-23(21,22)12-8-6-5-7-11(12)16;/h5-8,10,13,19H,9,17H2,1-4H3,(H,18,20);1H. The van der Waals surface area contributed by atoms with Crippen LogP contribution >= 0.6 is 12.4 Å². The van der Waals surface area contributed by atoms with Crippen LogP contribution in [0.3, 0.4) is 0 Å². The third kappa shape index (κ3) is 6.72. The van der Waals surface area contributed by atoms with E-state index in [2.05, 4.69) is 10.0 Å². The van der Waals surface area contributed by atoms with Crippen LogP contribution in [0.2, 0.25) is 0 Å². The molecule has 0 fully saturated rings. The molecule has 1 atom stereocenters. The molecule has 1 rings (SSSR count). The number of benzene rings is 1. The summed E-state index contributed by atoms with van der Waals surface area (Å²) in [7, 11) is -4.15. The van der Waals surface area contributed by atoms with Crippen molar-refractivity contribution in [2.24, 2.45) is 11.7 Å². The summed E-state index contributed by atoms with van der Waals surface area (Å²) in [5.74, 6) is -1.69. The Balaban J connectivity index is 0.00000529. The molecule has 0 saturated carbocycles. The van der Waals surface area contributed by atoms with Gasteiger partial charge in [-0.2, -0.15) is 4.72 Å². The minimum absolute atomic E-state index is 0. The number of amides is 1. The number of nitrogens with one attached hydrogen (secondary N) is 2.